The van der Waals surface area contributed by atoms with Crippen molar-refractivity contribution in [1.82, 2.24) is 9.55 Å². The minimum atomic E-state index is -0.193. The van der Waals surface area contributed by atoms with Gasteiger partial charge in [0.05, 0.1) is 0 Å². The van der Waals surface area contributed by atoms with E-state index in [4.69, 9.17) is 0 Å². The van der Waals surface area contributed by atoms with Gasteiger partial charge in [0.25, 0.3) is 0 Å². The van der Waals surface area contributed by atoms with Crippen LogP contribution in [0.15, 0.2) is 48.7 Å². The number of carbonyl (C=O) groups is 1. The van der Waals surface area contributed by atoms with Crippen LogP contribution in [0.25, 0.3) is 11.0 Å². The zero-order chi connectivity index (χ0) is 14.1. The number of amides is 1. The van der Waals surface area contributed by atoms with Crippen molar-refractivity contribution in [2.45, 2.75) is 6.92 Å². The molecule has 0 saturated carbocycles. The van der Waals surface area contributed by atoms with E-state index in [-0.39, 0.29) is 38.6 Å². The molecule has 0 bridgehead atoms. The van der Waals surface area contributed by atoms with Crippen molar-refractivity contribution in [2.24, 2.45) is 0 Å². The topological polar surface area (TPSA) is 46.9 Å². The minimum Gasteiger partial charge on any atom is -0.476 e. The maximum atomic E-state index is 12.3. The summed E-state index contributed by atoms with van der Waals surface area (Å²) in [4.78, 5) is 16.5. The number of anilines is 1. The number of carbonyl (C=O) groups excluding carboxylic acids is 1. The molecule has 0 fully saturated rings. The summed E-state index contributed by atoms with van der Waals surface area (Å²) in [6.45, 7) is 2.01. The maximum Gasteiger partial charge on any atom is 0.216 e. The summed E-state index contributed by atoms with van der Waals surface area (Å²) in [6.07, 6.45) is 1.70. The van der Waals surface area contributed by atoms with E-state index < -0.39 is 0 Å². The zero-order valence-electron chi connectivity index (χ0n) is 11.7. The summed E-state index contributed by atoms with van der Waals surface area (Å²) >= 11 is 0. The van der Waals surface area contributed by atoms with Crippen LogP contribution in [0.5, 0.6) is 0 Å². The Morgan fingerprint density at radius 1 is 1.24 bits per heavy atom. The molecule has 0 aliphatic rings. The first-order valence-electron chi connectivity index (χ1n) is 6.30. The van der Waals surface area contributed by atoms with Crippen LogP contribution < -0.4 is 5.32 Å². The molecule has 1 amide bonds. The molecule has 0 atom stereocenters. The number of hydrogen-bond acceptors (Lipinski definition) is 2. The number of nitrogens with one attached hydrogen (secondary N) is 1. The second-order valence-electron chi connectivity index (χ2n) is 4.69. The summed E-state index contributed by atoms with van der Waals surface area (Å²) in [6, 6.07) is 13.1. The van der Waals surface area contributed by atoms with Crippen LogP contribution in [0.4, 0.5) is 5.69 Å². The van der Waals surface area contributed by atoms with E-state index in [1.807, 2.05) is 43.3 Å². The van der Waals surface area contributed by atoms with E-state index in [0.717, 1.165) is 22.3 Å². The number of aryl methyl sites for hydroxylation is 1. The van der Waals surface area contributed by atoms with Gasteiger partial charge in [0.2, 0.25) is 5.91 Å². The van der Waals surface area contributed by atoms with Crippen molar-refractivity contribution in [1.29, 1.82) is 0 Å². The largest absolute Gasteiger partial charge is 0.476 e. The number of nitrogens with zero attached hydrogens (tertiary/aromatic N) is 2. The van der Waals surface area contributed by atoms with Crippen LogP contribution in [-0.2, 0) is 32.7 Å². The summed E-state index contributed by atoms with van der Waals surface area (Å²) in [7, 11) is 3.90. The predicted molar refractivity (Wildman–Crippen MR) is 79.6 cm³/mol. The number of hydrogen-bond donors (Lipinski definition) is 1. The van der Waals surface area contributed by atoms with Crippen LogP contribution in [0.3, 0.4) is 0 Å². The predicted octanol–water partition coefficient (Wildman–Crippen LogP) is 3.23. The third-order valence-corrected chi connectivity index (χ3v) is 3.21. The summed E-state index contributed by atoms with van der Waals surface area (Å²) in [5.74, 6) is -0.193. The first-order valence-corrected chi connectivity index (χ1v) is 6.30. The van der Waals surface area contributed by atoms with Gasteiger partial charge in [-0.2, -0.15) is 0 Å². The monoisotopic (exact) mass is 353 g/mol. The second-order valence-corrected chi connectivity index (χ2v) is 4.69. The molecule has 0 saturated heterocycles. The van der Waals surface area contributed by atoms with Crippen molar-refractivity contribution in [2.75, 3.05) is 5.32 Å². The van der Waals surface area contributed by atoms with Gasteiger partial charge in [-0.1, -0.05) is 35.9 Å². The molecular weight excluding hydrogens is 339 g/mol. The van der Waals surface area contributed by atoms with Crippen molar-refractivity contribution in [3.05, 3.63) is 67.0 Å². The van der Waals surface area contributed by atoms with Crippen LogP contribution in [0, 0.1) is 14.0 Å². The molecule has 0 spiro atoms. The van der Waals surface area contributed by atoms with Gasteiger partial charge in [0, 0.05) is 55.8 Å². The normalized spacial score (nSPS) is 10.1. The SMILES string of the molecule is [CH2-]n1c(C(=O)Nc2ccc(C)cc2)cc2ncccc21.[Y]. The molecule has 3 aromatic rings. The van der Waals surface area contributed by atoms with Crippen LogP contribution in [-0.4, -0.2) is 15.5 Å². The van der Waals surface area contributed by atoms with Gasteiger partial charge in [0.1, 0.15) is 0 Å². The average Bonchev–Trinajstić information content (AvgIpc) is 2.79. The fourth-order valence-electron chi connectivity index (χ4n) is 2.11. The smallest absolute Gasteiger partial charge is 0.216 e. The van der Waals surface area contributed by atoms with Gasteiger partial charge in [0.15, 0.2) is 0 Å². The molecule has 0 aliphatic carbocycles. The zero-order valence-corrected chi connectivity index (χ0v) is 14.5. The maximum absolute atomic E-state index is 12.3. The Kier molecular flexibility index (Phi) is 4.81. The Morgan fingerprint density at radius 3 is 2.62 bits per heavy atom. The van der Waals surface area contributed by atoms with Crippen LogP contribution in [0.2, 0.25) is 0 Å². The minimum absolute atomic E-state index is 0. The molecule has 21 heavy (non-hydrogen) atoms. The fraction of sp³-hybridized carbons (Fsp3) is 0.0625. The number of rotatable bonds is 2. The number of benzene rings is 1. The Hall–Kier alpha value is -1.65. The number of aromatic nitrogens is 2. The molecule has 0 unspecified atom stereocenters. The molecule has 3 rings (SSSR count). The van der Waals surface area contributed by atoms with Crippen molar-refractivity contribution < 1.29 is 37.5 Å². The Morgan fingerprint density at radius 2 is 1.95 bits per heavy atom. The molecule has 1 radical (unpaired) electrons. The Bertz CT molecular complexity index is 778. The first-order chi connectivity index (χ1) is 9.65. The van der Waals surface area contributed by atoms with Gasteiger partial charge in [-0.25, -0.2) is 0 Å². The fourth-order valence-corrected chi connectivity index (χ4v) is 2.11. The van der Waals surface area contributed by atoms with E-state index >= 15 is 0 Å². The summed E-state index contributed by atoms with van der Waals surface area (Å²) < 4.78 is 1.60. The van der Waals surface area contributed by atoms with E-state index in [1.165, 1.54) is 0 Å². The van der Waals surface area contributed by atoms with Crippen LogP contribution >= 0.6 is 0 Å². The Labute approximate surface area is 148 Å². The molecule has 4 nitrogen and oxygen atoms in total. The van der Waals surface area contributed by atoms with Crippen LogP contribution in [0.1, 0.15) is 16.1 Å². The first kappa shape index (κ1) is 15.7. The van der Waals surface area contributed by atoms with Gasteiger partial charge < -0.3 is 9.88 Å². The number of pyridine rings is 1. The molecule has 5 heteroatoms. The van der Waals surface area contributed by atoms with E-state index in [0.29, 0.717) is 5.69 Å². The van der Waals surface area contributed by atoms with Gasteiger partial charge >= 0.3 is 0 Å². The molecule has 2 heterocycles. The third kappa shape index (κ3) is 3.17. The van der Waals surface area contributed by atoms with Gasteiger partial charge in [-0.05, 0) is 24.6 Å². The van der Waals surface area contributed by atoms with E-state index in [9.17, 15) is 4.79 Å². The van der Waals surface area contributed by atoms with Crippen molar-refractivity contribution >= 4 is 22.6 Å². The molecule has 103 valence electrons. The third-order valence-electron chi connectivity index (χ3n) is 3.21. The van der Waals surface area contributed by atoms with Crippen molar-refractivity contribution in [3.63, 3.8) is 0 Å². The summed E-state index contributed by atoms with van der Waals surface area (Å²) in [5, 5.41) is 2.86. The molecule has 1 N–H and O–H groups in total. The molecule has 0 aliphatic heterocycles. The van der Waals surface area contributed by atoms with Crippen molar-refractivity contribution in [3.8, 4) is 0 Å². The average molecular weight is 353 g/mol. The molecular formula is C16H14N3OY-. The summed E-state index contributed by atoms with van der Waals surface area (Å²) in [5.41, 5.74) is 4.00. The molecule has 1 aromatic carbocycles. The Balaban J connectivity index is 0.00000161. The van der Waals surface area contributed by atoms with E-state index in [1.54, 1.807) is 16.8 Å². The van der Waals surface area contributed by atoms with Gasteiger partial charge in [-0.3, -0.25) is 9.78 Å². The quantitative estimate of drug-likeness (QED) is 0.719. The molecule has 2 aromatic heterocycles. The standard InChI is InChI=1S/C16H14N3O.Y/c1-11-5-7-12(8-6-11)18-16(20)15-10-13-14(19(15)2)4-3-9-17-13;/h3-10H,2H2,1H3,(H,18,20);/q-1;. The van der Waals surface area contributed by atoms with E-state index in [2.05, 4.69) is 17.3 Å². The number of fused-ring (bicyclic) bond motifs is 1. The van der Waals surface area contributed by atoms with Gasteiger partial charge in [-0.15, -0.1) is 7.05 Å². The second kappa shape index (κ2) is 6.41.